The fraction of sp³-hybridized carbons (Fsp3) is 0.0625. The summed E-state index contributed by atoms with van der Waals surface area (Å²) < 4.78 is 40.5. The van der Waals surface area contributed by atoms with Crippen molar-refractivity contribution in [2.24, 2.45) is 0 Å². The summed E-state index contributed by atoms with van der Waals surface area (Å²) in [6, 6.07) is 21.0. The Morgan fingerprint density at radius 2 is 1.52 bits per heavy atom. The van der Waals surface area contributed by atoms with E-state index in [1.165, 1.54) is 20.5 Å². The third-order valence-electron chi connectivity index (χ3n) is 2.91. The SMILES string of the molecule is COc1ccc2[s+]c(-c3ccccc3)ccc2c1.[O-][Cl+3]([O-])([O-])[O-]. The highest BCUT2D eigenvalue weighted by atomic mass is 35.7. The van der Waals surface area contributed by atoms with Gasteiger partial charge in [-0.1, -0.05) is 18.2 Å². The van der Waals surface area contributed by atoms with Crippen LogP contribution >= 0.6 is 11.3 Å². The van der Waals surface area contributed by atoms with Crippen molar-refractivity contribution < 1.29 is 33.6 Å². The molecule has 0 radical (unpaired) electrons. The Bertz CT molecular complexity index is 768. The van der Waals surface area contributed by atoms with Crippen LogP contribution in [0, 0.1) is 10.2 Å². The summed E-state index contributed by atoms with van der Waals surface area (Å²) in [5.41, 5.74) is 1.26. The molecule has 0 unspecified atom stereocenters. The maximum atomic E-state index is 8.49. The summed E-state index contributed by atoms with van der Waals surface area (Å²) in [6.07, 6.45) is 0. The standard InChI is InChI=1S/C16H13OS.ClHO4/c1-17-14-8-10-16-13(11-14)7-9-15(18-16)12-5-3-2-4-6-12;2-1(3,4)5/h2-11H,1H3;(H,2,3,4,5)/q+1;/p-1. The van der Waals surface area contributed by atoms with Crippen LogP contribution in [0.5, 0.6) is 5.75 Å². The molecule has 7 heteroatoms. The Balaban J connectivity index is 0.000000338. The number of ether oxygens (including phenoxy) is 1. The normalized spacial score (nSPS) is 10.8. The van der Waals surface area contributed by atoms with E-state index in [0.29, 0.717) is 0 Å². The molecule has 0 spiro atoms. The van der Waals surface area contributed by atoms with E-state index in [9.17, 15) is 0 Å². The van der Waals surface area contributed by atoms with E-state index in [-0.39, 0.29) is 0 Å². The number of rotatable bonds is 2. The number of hydrogen-bond acceptors (Lipinski definition) is 5. The molecule has 23 heavy (non-hydrogen) atoms. The van der Waals surface area contributed by atoms with Crippen LogP contribution in [-0.2, 0) is 0 Å². The van der Waals surface area contributed by atoms with Gasteiger partial charge in [0.2, 0.25) is 20.9 Å². The summed E-state index contributed by atoms with van der Waals surface area (Å²) in [6.45, 7) is 0. The lowest BCUT2D eigenvalue weighted by molar-refractivity contribution is -2.00. The minimum atomic E-state index is -4.94. The third kappa shape index (κ3) is 5.72. The van der Waals surface area contributed by atoms with E-state index in [2.05, 4.69) is 48.5 Å². The van der Waals surface area contributed by atoms with Crippen LogP contribution in [0.4, 0.5) is 0 Å². The highest BCUT2D eigenvalue weighted by Gasteiger charge is 2.13. The molecule has 0 aliphatic carbocycles. The predicted molar refractivity (Wildman–Crippen MR) is 78.2 cm³/mol. The molecule has 5 nitrogen and oxygen atoms in total. The highest BCUT2D eigenvalue weighted by Crippen LogP contribution is 2.31. The first-order chi connectivity index (χ1) is 10.9. The molecule has 3 aromatic rings. The summed E-state index contributed by atoms with van der Waals surface area (Å²) >= 11 is 1.80. The Hall–Kier alpha value is -1.80. The number of methoxy groups -OCH3 is 1. The number of benzene rings is 2. The molecule has 1 heterocycles. The lowest BCUT2D eigenvalue weighted by Gasteiger charge is -2.17. The molecule has 2 aromatic carbocycles. The first-order valence-corrected chi connectivity index (χ1v) is 8.50. The zero-order valence-corrected chi connectivity index (χ0v) is 13.7. The van der Waals surface area contributed by atoms with Gasteiger partial charge in [0.1, 0.15) is 5.75 Å². The minimum Gasteiger partial charge on any atom is -0.497 e. The zero-order chi connectivity index (χ0) is 16.9. The van der Waals surface area contributed by atoms with E-state index >= 15 is 0 Å². The van der Waals surface area contributed by atoms with E-state index in [1.807, 2.05) is 12.1 Å². The van der Waals surface area contributed by atoms with Crippen molar-refractivity contribution in [1.82, 2.24) is 0 Å². The largest absolute Gasteiger partial charge is 0.497 e. The lowest BCUT2D eigenvalue weighted by Crippen LogP contribution is -2.68. The summed E-state index contributed by atoms with van der Waals surface area (Å²) in [7, 11) is -3.25. The lowest BCUT2D eigenvalue weighted by atomic mass is 10.2. The van der Waals surface area contributed by atoms with Gasteiger partial charge in [0.15, 0.2) is 0 Å². The van der Waals surface area contributed by atoms with Gasteiger partial charge in [-0.15, -0.1) is 10.2 Å². The molecule has 0 saturated heterocycles. The highest BCUT2D eigenvalue weighted by molar-refractivity contribution is 7.21. The van der Waals surface area contributed by atoms with Crippen molar-refractivity contribution in [2.75, 3.05) is 7.11 Å². The van der Waals surface area contributed by atoms with Gasteiger partial charge < -0.3 is 4.74 Å². The second-order valence-electron chi connectivity index (χ2n) is 4.45. The second kappa shape index (κ2) is 7.65. The molecule has 0 aliphatic rings. The van der Waals surface area contributed by atoms with Crippen molar-refractivity contribution in [3.8, 4) is 16.2 Å². The molecule has 0 fully saturated rings. The van der Waals surface area contributed by atoms with E-state index in [0.717, 1.165) is 5.75 Å². The first kappa shape index (κ1) is 17.6. The van der Waals surface area contributed by atoms with E-state index in [1.54, 1.807) is 18.4 Å². The summed E-state index contributed by atoms with van der Waals surface area (Å²) in [5, 5.41) is 1.22. The molecule has 0 atom stereocenters. The molecule has 120 valence electrons. The smallest absolute Gasteiger partial charge is 0.239 e. The minimum absolute atomic E-state index is 0.905. The maximum Gasteiger partial charge on any atom is 0.239 e. The van der Waals surface area contributed by atoms with E-state index < -0.39 is 10.2 Å². The molecule has 0 aliphatic heterocycles. The van der Waals surface area contributed by atoms with Gasteiger partial charge in [0.25, 0.3) is 0 Å². The van der Waals surface area contributed by atoms with Gasteiger partial charge >= 0.3 is 0 Å². The van der Waals surface area contributed by atoms with Gasteiger partial charge in [0, 0.05) is 23.1 Å². The topological polar surface area (TPSA) is 101 Å². The Kier molecular flexibility index (Phi) is 5.84. The molecule has 3 rings (SSSR count). The third-order valence-corrected chi connectivity index (χ3v) is 4.09. The van der Waals surface area contributed by atoms with Crippen LogP contribution in [-0.4, -0.2) is 7.11 Å². The molecular formula is C16H13ClO5S. The molecular weight excluding hydrogens is 340 g/mol. The van der Waals surface area contributed by atoms with E-state index in [4.69, 9.17) is 23.4 Å². The first-order valence-electron chi connectivity index (χ1n) is 6.45. The molecule has 0 amide bonds. The fourth-order valence-electron chi connectivity index (χ4n) is 1.95. The van der Waals surface area contributed by atoms with Gasteiger partial charge in [-0.3, -0.25) is 0 Å². The van der Waals surface area contributed by atoms with Gasteiger partial charge in [-0.05, 0) is 30.3 Å². The molecule has 1 aromatic heterocycles. The van der Waals surface area contributed by atoms with Crippen LogP contribution in [0.25, 0.3) is 20.5 Å². The van der Waals surface area contributed by atoms with Crippen molar-refractivity contribution in [1.29, 1.82) is 0 Å². The predicted octanol–water partition coefficient (Wildman–Crippen LogP) is 0.102. The summed E-state index contributed by atoms with van der Waals surface area (Å²) in [5.74, 6) is 0.905. The summed E-state index contributed by atoms with van der Waals surface area (Å²) in [4.78, 5) is 1.29. The number of fused-ring (bicyclic) bond motifs is 1. The zero-order valence-electron chi connectivity index (χ0n) is 12.1. The Morgan fingerprint density at radius 1 is 0.870 bits per heavy atom. The van der Waals surface area contributed by atoms with Crippen LogP contribution in [0.15, 0.2) is 60.7 Å². The van der Waals surface area contributed by atoms with Crippen molar-refractivity contribution in [3.05, 3.63) is 60.7 Å². The average Bonchev–Trinajstić information content (AvgIpc) is 2.53. The molecule has 0 saturated carbocycles. The molecule has 0 N–H and O–H groups in total. The van der Waals surface area contributed by atoms with Crippen molar-refractivity contribution >= 4 is 21.4 Å². The Morgan fingerprint density at radius 3 is 2.13 bits per heavy atom. The van der Waals surface area contributed by atoms with Crippen LogP contribution < -0.4 is 23.4 Å². The monoisotopic (exact) mass is 352 g/mol. The number of hydrogen-bond donors (Lipinski definition) is 0. The average molecular weight is 353 g/mol. The van der Waals surface area contributed by atoms with Gasteiger partial charge in [-0.2, -0.15) is 0 Å². The van der Waals surface area contributed by atoms with Gasteiger partial charge in [0.05, 0.1) is 7.11 Å². The quantitative estimate of drug-likeness (QED) is 0.609. The van der Waals surface area contributed by atoms with Gasteiger partial charge in [-0.25, -0.2) is 18.6 Å². The Labute approximate surface area is 139 Å². The van der Waals surface area contributed by atoms with Crippen molar-refractivity contribution in [2.45, 2.75) is 0 Å². The second-order valence-corrected chi connectivity index (χ2v) is 6.29. The number of halogens is 1. The van der Waals surface area contributed by atoms with Crippen LogP contribution in [0.1, 0.15) is 0 Å². The van der Waals surface area contributed by atoms with Crippen LogP contribution in [0.3, 0.4) is 0 Å². The fourth-order valence-corrected chi connectivity index (χ4v) is 2.96. The molecule has 0 bridgehead atoms. The van der Waals surface area contributed by atoms with Crippen LogP contribution in [0.2, 0.25) is 0 Å². The maximum absolute atomic E-state index is 8.49. The van der Waals surface area contributed by atoms with Crippen molar-refractivity contribution in [3.63, 3.8) is 0 Å².